The fraction of sp³-hybridized carbons (Fsp3) is 0.600. The molecule has 1 fully saturated rings. The maximum absolute atomic E-state index is 13.2. The van der Waals surface area contributed by atoms with Gasteiger partial charge in [-0.3, -0.25) is 0 Å². The molecule has 0 amide bonds. The molecule has 0 heterocycles. The van der Waals surface area contributed by atoms with Crippen LogP contribution in [0.15, 0.2) is 24.3 Å². The summed E-state index contributed by atoms with van der Waals surface area (Å²) in [6, 6.07) is 6.80. The van der Waals surface area contributed by atoms with Crippen molar-refractivity contribution in [3.63, 3.8) is 0 Å². The van der Waals surface area contributed by atoms with Crippen molar-refractivity contribution in [1.29, 1.82) is 0 Å². The van der Waals surface area contributed by atoms with Crippen molar-refractivity contribution < 1.29 is 4.39 Å². The van der Waals surface area contributed by atoms with E-state index in [1.165, 1.54) is 31.7 Å². The van der Waals surface area contributed by atoms with Crippen LogP contribution in [-0.2, 0) is 5.54 Å². The molecule has 2 rings (SSSR count). The van der Waals surface area contributed by atoms with E-state index in [0.29, 0.717) is 0 Å². The van der Waals surface area contributed by atoms with Crippen LogP contribution in [0.1, 0.15) is 51.0 Å². The number of hydrogen-bond donors (Lipinski definition) is 1. The number of rotatable bonds is 3. The standard InChI is InChI=1S/C15H22FN/c1-2-4-12-7-9-15(17,10-8-12)13-5-3-6-14(16)11-13/h3,5-6,11-12H,2,4,7-10,17H2,1H3. The van der Waals surface area contributed by atoms with Gasteiger partial charge in [-0.15, -0.1) is 0 Å². The average molecular weight is 235 g/mol. The molecule has 0 atom stereocenters. The van der Waals surface area contributed by atoms with Gasteiger partial charge in [0.15, 0.2) is 0 Å². The van der Waals surface area contributed by atoms with E-state index >= 15 is 0 Å². The highest BCUT2D eigenvalue weighted by atomic mass is 19.1. The van der Waals surface area contributed by atoms with E-state index < -0.39 is 0 Å². The molecule has 1 saturated carbocycles. The van der Waals surface area contributed by atoms with E-state index in [-0.39, 0.29) is 11.4 Å². The number of nitrogens with two attached hydrogens (primary N) is 1. The SMILES string of the molecule is CCCC1CCC(N)(c2cccc(F)c2)CC1. The fourth-order valence-corrected chi connectivity index (χ4v) is 2.98. The van der Waals surface area contributed by atoms with Crippen LogP contribution in [-0.4, -0.2) is 0 Å². The summed E-state index contributed by atoms with van der Waals surface area (Å²) in [5, 5.41) is 0. The Labute approximate surface area is 103 Å². The lowest BCUT2D eigenvalue weighted by molar-refractivity contribution is 0.226. The van der Waals surface area contributed by atoms with Crippen molar-refractivity contribution >= 4 is 0 Å². The van der Waals surface area contributed by atoms with E-state index in [0.717, 1.165) is 24.3 Å². The molecule has 1 aromatic carbocycles. The van der Waals surface area contributed by atoms with E-state index in [1.54, 1.807) is 12.1 Å². The quantitative estimate of drug-likeness (QED) is 0.843. The first-order valence-electron chi connectivity index (χ1n) is 6.69. The molecule has 0 unspecified atom stereocenters. The number of hydrogen-bond acceptors (Lipinski definition) is 1. The highest BCUT2D eigenvalue weighted by Gasteiger charge is 2.32. The van der Waals surface area contributed by atoms with Gasteiger partial charge in [-0.1, -0.05) is 31.9 Å². The van der Waals surface area contributed by atoms with Crippen LogP contribution >= 0.6 is 0 Å². The zero-order chi connectivity index (χ0) is 12.3. The number of halogens is 1. The highest BCUT2D eigenvalue weighted by Crippen LogP contribution is 2.39. The second-order valence-corrected chi connectivity index (χ2v) is 5.40. The van der Waals surface area contributed by atoms with Crippen molar-refractivity contribution in [2.45, 2.75) is 51.0 Å². The van der Waals surface area contributed by atoms with Crippen molar-refractivity contribution in [2.24, 2.45) is 11.7 Å². The monoisotopic (exact) mass is 235 g/mol. The minimum Gasteiger partial charge on any atom is -0.321 e. The largest absolute Gasteiger partial charge is 0.321 e. The van der Waals surface area contributed by atoms with E-state index in [1.807, 2.05) is 6.07 Å². The molecule has 2 N–H and O–H groups in total. The van der Waals surface area contributed by atoms with Gasteiger partial charge < -0.3 is 5.73 Å². The Balaban J connectivity index is 2.06. The first-order valence-corrected chi connectivity index (χ1v) is 6.69. The van der Waals surface area contributed by atoms with Crippen molar-refractivity contribution in [1.82, 2.24) is 0 Å². The smallest absolute Gasteiger partial charge is 0.123 e. The molecule has 1 aliphatic rings. The molecular weight excluding hydrogens is 213 g/mol. The lowest BCUT2D eigenvalue weighted by atomic mass is 9.72. The predicted octanol–water partition coefficient (Wildman–Crippen LogP) is 3.97. The third-order valence-corrected chi connectivity index (χ3v) is 4.09. The van der Waals surface area contributed by atoms with Crippen LogP contribution < -0.4 is 5.73 Å². The zero-order valence-corrected chi connectivity index (χ0v) is 10.6. The maximum atomic E-state index is 13.2. The Bertz CT molecular complexity index is 367. The minimum atomic E-state index is -0.299. The molecule has 0 spiro atoms. The van der Waals surface area contributed by atoms with Crippen LogP contribution in [0.5, 0.6) is 0 Å². The Hall–Kier alpha value is -0.890. The first kappa shape index (κ1) is 12.6. The van der Waals surface area contributed by atoms with Gasteiger partial charge in [0.2, 0.25) is 0 Å². The van der Waals surface area contributed by atoms with Crippen LogP contribution in [0.2, 0.25) is 0 Å². The summed E-state index contributed by atoms with van der Waals surface area (Å²) in [5.74, 6) is 0.647. The third-order valence-electron chi connectivity index (χ3n) is 4.09. The van der Waals surface area contributed by atoms with Crippen LogP contribution in [0, 0.1) is 11.7 Å². The molecule has 0 bridgehead atoms. The van der Waals surface area contributed by atoms with E-state index in [9.17, 15) is 4.39 Å². The van der Waals surface area contributed by atoms with Crippen LogP contribution in [0.25, 0.3) is 0 Å². The summed E-state index contributed by atoms with van der Waals surface area (Å²) in [7, 11) is 0. The summed E-state index contributed by atoms with van der Waals surface area (Å²) < 4.78 is 13.2. The average Bonchev–Trinajstić information content (AvgIpc) is 2.33. The molecular formula is C15H22FN. The maximum Gasteiger partial charge on any atom is 0.123 e. The summed E-state index contributed by atoms with van der Waals surface area (Å²) >= 11 is 0. The lowest BCUT2D eigenvalue weighted by Gasteiger charge is -2.37. The van der Waals surface area contributed by atoms with Gasteiger partial charge in [-0.2, -0.15) is 0 Å². The van der Waals surface area contributed by atoms with Gasteiger partial charge >= 0.3 is 0 Å². The molecule has 0 saturated heterocycles. The molecule has 0 aliphatic heterocycles. The third kappa shape index (κ3) is 2.86. The molecule has 1 aliphatic carbocycles. The van der Waals surface area contributed by atoms with Gasteiger partial charge in [0, 0.05) is 5.54 Å². The molecule has 1 aromatic rings. The minimum absolute atomic E-state index is 0.178. The second kappa shape index (κ2) is 5.18. The van der Waals surface area contributed by atoms with Gasteiger partial charge in [0.1, 0.15) is 5.82 Å². The Morgan fingerprint density at radius 2 is 2.06 bits per heavy atom. The van der Waals surface area contributed by atoms with Crippen LogP contribution in [0.4, 0.5) is 4.39 Å². The molecule has 1 nitrogen and oxygen atoms in total. The first-order chi connectivity index (χ1) is 8.14. The van der Waals surface area contributed by atoms with Gasteiger partial charge in [0.05, 0.1) is 0 Å². The molecule has 2 heteroatoms. The zero-order valence-electron chi connectivity index (χ0n) is 10.6. The Kier molecular flexibility index (Phi) is 3.82. The summed E-state index contributed by atoms with van der Waals surface area (Å²) in [6.07, 6.45) is 6.89. The van der Waals surface area contributed by atoms with Crippen molar-refractivity contribution in [3.05, 3.63) is 35.6 Å². The molecule has 0 radical (unpaired) electrons. The topological polar surface area (TPSA) is 26.0 Å². The summed E-state index contributed by atoms with van der Waals surface area (Å²) in [6.45, 7) is 2.23. The van der Waals surface area contributed by atoms with Gasteiger partial charge in [-0.05, 0) is 49.3 Å². The normalized spacial score (nSPS) is 29.2. The molecule has 94 valence electrons. The van der Waals surface area contributed by atoms with E-state index in [2.05, 4.69) is 6.92 Å². The van der Waals surface area contributed by atoms with E-state index in [4.69, 9.17) is 5.73 Å². The number of benzene rings is 1. The summed E-state index contributed by atoms with van der Waals surface area (Å²) in [5.41, 5.74) is 7.11. The highest BCUT2D eigenvalue weighted by molar-refractivity contribution is 5.25. The fourth-order valence-electron chi connectivity index (χ4n) is 2.98. The van der Waals surface area contributed by atoms with Crippen molar-refractivity contribution in [2.75, 3.05) is 0 Å². The Morgan fingerprint density at radius 1 is 1.35 bits per heavy atom. The predicted molar refractivity (Wildman–Crippen MR) is 69.1 cm³/mol. The summed E-state index contributed by atoms with van der Waals surface area (Å²) in [4.78, 5) is 0. The second-order valence-electron chi connectivity index (χ2n) is 5.40. The lowest BCUT2D eigenvalue weighted by Crippen LogP contribution is -2.40. The van der Waals surface area contributed by atoms with Gasteiger partial charge in [-0.25, -0.2) is 4.39 Å². The van der Waals surface area contributed by atoms with Gasteiger partial charge in [0.25, 0.3) is 0 Å². The molecule has 0 aromatic heterocycles. The van der Waals surface area contributed by atoms with Crippen LogP contribution in [0.3, 0.4) is 0 Å². The molecule has 17 heavy (non-hydrogen) atoms. The Morgan fingerprint density at radius 3 is 2.65 bits per heavy atom. The van der Waals surface area contributed by atoms with Crippen molar-refractivity contribution in [3.8, 4) is 0 Å².